The molecule has 1 aromatic heterocycles. The number of nitrogens with one attached hydrogen (secondary N) is 2. The Morgan fingerprint density at radius 3 is 2.29 bits per heavy atom. The summed E-state index contributed by atoms with van der Waals surface area (Å²) in [6, 6.07) is 12.6. The Kier molecular flexibility index (Phi) is 5.51. The minimum atomic E-state index is -0.337. The number of rotatable bonds is 4. The highest BCUT2D eigenvalue weighted by atomic mass is 35.5. The van der Waals surface area contributed by atoms with Crippen molar-refractivity contribution in [3.05, 3.63) is 81.9 Å². The molecule has 3 rings (SSSR count). The molecular formula is C21H19ClFN3O2. The van der Waals surface area contributed by atoms with Crippen LogP contribution >= 0.6 is 11.6 Å². The van der Waals surface area contributed by atoms with Gasteiger partial charge in [-0.2, -0.15) is 0 Å². The summed E-state index contributed by atoms with van der Waals surface area (Å²) < 4.78 is 15.1. The highest BCUT2D eigenvalue weighted by Gasteiger charge is 2.18. The molecular weight excluding hydrogens is 381 g/mol. The lowest BCUT2D eigenvalue weighted by Crippen LogP contribution is -2.19. The van der Waals surface area contributed by atoms with E-state index in [-0.39, 0.29) is 23.2 Å². The third kappa shape index (κ3) is 3.77. The molecule has 0 atom stereocenters. The zero-order valence-electron chi connectivity index (χ0n) is 15.6. The minimum absolute atomic E-state index is 0.277. The molecule has 0 unspecified atom stereocenters. The van der Waals surface area contributed by atoms with Crippen molar-refractivity contribution in [2.24, 2.45) is 0 Å². The van der Waals surface area contributed by atoms with Crippen LogP contribution in [0.4, 0.5) is 10.1 Å². The Labute approximate surface area is 167 Å². The largest absolute Gasteiger partial charge is 0.355 e. The Morgan fingerprint density at radius 2 is 1.64 bits per heavy atom. The maximum atomic E-state index is 13.2. The van der Waals surface area contributed by atoms with Crippen LogP contribution in [-0.4, -0.2) is 23.4 Å². The summed E-state index contributed by atoms with van der Waals surface area (Å²) in [6.07, 6.45) is 0. The second kappa shape index (κ2) is 7.86. The van der Waals surface area contributed by atoms with E-state index in [9.17, 15) is 14.0 Å². The van der Waals surface area contributed by atoms with Crippen molar-refractivity contribution in [1.29, 1.82) is 0 Å². The summed E-state index contributed by atoms with van der Waals surface area (Å²) in [6.45, 7) is 3.70. The van der Waals surface area contributed by atoms with Gasteiger partial charge in [-0.25, -0.2) is 4.39 Å². The number of amides is 2. The number of hydrogen-bond donors (Lipinski definition) is 2. The van der Waals surface area contributed by atoms with Crippen LogP contribution in [0.1, 0.15) is 32.1 Å². The number of benzene rings is 2. The maximum absolute atomic E-state index is 13.2. The van der Waals surface area contributed by atoms with E-state index in [4.69, 9.17) is 11.6 Å². The first kappa shape index (κ1) is 19.6. The van der Waals surface area contributed by atoms with Crippen LogP contribution in [0.15, 0.2) is 48.5 Å². The topological polar surface area (TPSA) is 63.1 Å². The lowest BCUT2D eigenvalue weighted by molar-refractivity contribution is 0.0961. The molecule has 144 valence electrons. The van der Waals surface area contributed by atoms with Gasteiger partial charge >= 0.3 is 0 Å². The van der Waals surface area contributed by atoms with Gasteiger partial charge in [0.25, 0.3) is 11.8 Å². The molecule has 0 fully saturated rings. The number of hydrogen-bond acceptors (Lipinski definition) is 2. The highest BCUT2D eigenvalue weighted by molar-refractivity contribution is 6.34. The van der Waals surface area contributed by atoms with E-state index in [0.29, 0.717) is 16.3 Å². The number of carbonyl (C=O) groups excluding carboxylic acids is 2. The first-order valence-electron chi connectivity index (χ1n) is 8.59. The fourth-order valence-corrected chi connectivity index (χ4v) is 3.29. The molecule has 0 saturated heterocycles. The zero-order chi connectivity index (χ0) is 20.4. The predicted octanol–water partition coefficient (Wildman–Crippen LogP) is 4.50. The molecule has 7 heteroatoms. The van der Waals surface area contributed by atoms with E-state index >= 15 is 0 Å². The van der Waals surface area contributed by atoms with Crippen LogP contribution in [0.2, 0.25) is 5.02 Å². The van der Waals surface area contributed by atoms with Crippen LogP contribution in [0.3, 0.4) is 0 Å². The lowest BCUT2D eigenvalue weighted by Gasteiger charge is -2.11. The average molecular weight is 400 g/mol. The summed E-state index contributed by atoms with van der Waals surface area (Å²) in [5.74, 6) is -0.971. The van der Waals surface area contributed by atoms with Crippen molar-refractivity contribution in [1.82, 2.24) is 9.88 Å². The Balaban J connectivity index is 1.91. The Hall–Kier alpha value is -3.12. The maximum Gasteiger partial charge on any atom is 0.257 e. The molecule has 2 amide bonds. The lowest BCUT2D eigenvalue weighted by atomic mass is 10.1. The molecule has 1 heterocycles. The summed E-state index contributed by atoms with van der Waals surface area (Å²) in [4.78, 5) is 24.7. The zero-order valence-corrected chi connectivity index (χ0v) is 16.4. The number of aryl methyl sites for hydroxylation is 1. The van der Waals surface area contributed by atoms with E-state index < -0.39 is 0 Å². The van der Waals surface area contributed by atoms with Crippen molar-refractivity contribution >= 4 is 29.1 Å². The fourth-order valence-electron chi connectivity index (χ4n) is 3.09. The van der Waals surface area contributed by atoms with Gasteiger partial charge in [-0.1, -0.05) is 11.6 Å². The van der Waals surface area contributed by atoms with Gasteiger partial charge in [0.1, 0.15) is 5.82 Å². The summed E-state index contributed by atoms with van der Waals surface area (Å²) >= 11 is 6.05. The molecule has 5 nitrogen and oxygen atoms in total. The third-order valence-electron chi connectivity index (χ3n) is 4.46. The number of halogens is 2. The smallest absolute Gasteiger partial charge is 0.257 e. The minimum Gasteiger partial charge on any atom is -0.355 e. The van der Waals surface area contributed by atoms with Gasteiger partial charge < -0.3 is 15.2 Å². The van der Waals surface area contributed by atoms with E-state index in [1.165, 1.54) is 25.2 Å². The molecule has 0 aliphatic carbocycles. The van der Waals surface area contributed by atoms with Crippen molar-refractivity contribution in [2.45, 2.75) is 13.8 Å². The highest BCUT2D eigenvalue weighted by Crippen LogP contribution is 2.24. The summed E-state index contributed by atoms with van der Waals surface area (Å²) in [7, 11) is 1.51. The van der Waals surface area contributed by atoms with Crippen LogP contribution in [-0.2, 0) is 0 Å². The van der Waals surface area contributed by atoms with Crippen molar-refractivity contribution < 1.29 is 14.0 Å². The van der Waals surface area contributed by atoms with Gasteiger partial charge in [0.15, 0.2) is 0 Å². The molecule has 2 aromatic carbocycles. The average Bonchev–Trinajstić information content (AvgIpc) is 2.98. The molecule has 2 N–H and O–H groups in total. The van der Waals surface area contributed by atoms with Crippen LogP contribution in [0, 0.1) is 19.7 Å². The van der Waals surface area contributed by atoms with Gasteiger partial charge in [0, 0.05) is 29.8 Å². The molecule has 0 aliphatic rings. The number of aromatic nitrogens is 1. The van der Waals surface area contributed by atoms with Crippen LogP contribution < -0.4 is 10.6 Å². The number of anilines is 1. The predicted molar refractivity (Wildman–Crippen MR) is 108 cm³/mol. The SMILES string of the molecule is CNC(=O)c1cc(NC(=O)c2cc(C)n(-c3ccc(F)cc3)c2C)ccc1Cl. The van der Waals surface area contributed by atoms with Gasteiger partial charge in [0.2, 0.25) is 0 Å². The van der Waals surface area contributed by atoms with Crippen molar-refractivity contribution in [2.75, 3.05) is 12.4 Å². The summed E-state index contributed by atoms with van der Waals surface area (Å²) in [5.41, 5.74) is 3.55. The van der Waals surface area contributed by atoms with Gasteiger partial charge in [-0.05, 0) is 62.4 Å². The third-order valence-corrected chi connectivity index (χ3v) is 4.79. The number of nitrogens with zero attached hydrogens (tertiary/aromatic N) is 1. The second-order valence-electron chi connectivity index (χ2n) is 6.32. The Morgan fingerprint density at radius 1 is 0.964 bits per heavy atom. The molecule has 3 aromatic rings. The summed E-state index contributed by atoms with van der Waals surface area (Å²) in [5, 5.41) is 5.60. The molecule has 0 saturated carbocycles. The van der Waals surface area contributed by atoms with Gasteiger partial charge in [0.05, 0.1) is 16.1 Å². The molecule has 0 radical (unpaired) electrons. The van der Waals surface area contributed by atoms with Crippen molar-refractivity contribution in [3.63, 3.8) is 0 Å². The first-order valence-corrected chi connectivity index (χ1v) is 8.97. The fraction of sp³-hybridized carbons (Fsp3) is 0.143. The van der Waals surface area contributed by atoms with Crippen molar-refractivity contribution in [3.8, 4) is 5.69 Å². The first-order chi connectivity index (χ1) is 13.3. The van der Waals surface area contributed by atoms with E-state index in [1.807, 2.05) is 18.4 Å². The van der Waals surface area contributed by atoms with E-state index in [1.54, 1.807) is 30.3 Å². The normalized spacial score (nSPS) is 10.6. The second-order valence-corrected chi connectivity index (χ2v) is 6.73. The van der Waals surface area contributed by atoms with E-state index in [0.717, 1.165) is 17.1 Å². The van der Waals surface area contributed by atoms with Crippen LogP contribution in [0.5, 0.6) is 0 Å². The number of carbonyl (C=O) groups is 2. The molecule has 0 spiro atoms. The van der Waals surface area contributed by atoms with Crippen LogP contribution in [0.25, 0.3) is 5.69 Å². The molecule has 0 bridgehead atoms. The Bertz CT molecular complexity index is 1060. The van der Waals surface area contributed by atoms with Gasteiger partial charge in [-0.15, -0.1) is 0 Å². The van der Waals surface area contributed by atoms with E-state index in [2.05, 4.69) is 10.6 Å². The van der Waals surface area contributed by atoms with Gasteiger partial charge in [-0.3, -0.25) is 9.59 Å². The monoisotopic (exact) mass is 399 g/mol. The quantitative estimate of drug-likeness (QED) is 0.678. The molecule has 28 heavy (non-hydrogen) atoms. The standard InChI is InChI=1S/C21H19ClFN3O2/c1-12-10-17(13(2)26(12)16-7-4-14(23)5-8-16)21(28)25-15-6-9-19(22)18(11-15)20(27)24-3/h4-11H,1-3H3,(H,24,27)(H,25,28). The molecule has 0 aliphatic heterocycles.